The van der Waals surface area contributed by atoms with Gasteiger partial charge >= 0.3 is 0 Å². The molecule has 0 aliphatic carbocycles. The minimum atomic E-state index is -0.267. The van der Waals surface area contributed by atoms with E-state index in [1.54, 1.807) is 0 Å². The largest absolute Gasteiger partial charge is 0.346 e. The van der Waals surface area contributed by atoms with Crippen LogP contribution in [0, 0.1) is 20.8 Å². The summed E-state index contributed by atoms with van der Waals surface area (Å²) in [5.41, 5.74) is 4.11. The van der Waals surface area contributed by atoms with Crippen LogP contribution < -0.4 is 10.6 Å². The Balaban J connectivity index is 1.83. The SMILES string of the molecule is Cc1ccc(SC(C)C(=O)NCC(=O)Nc2cccc(C)c2C)cc1. The van der Waals surface area contributed by atoms with Crippen LogP contribution >= 0.6 is 11.8 Å². The van der Waals surface area contributed by atoms with Crippen molar-refractivity contribution in [2.45, 2.75) is 37.8 Å². The second-order valence-corrected chi connectivity index (χ2v) is 7.50. The highest BCUT2D eigenvalue weighted by Gasteiger charge is 2.15. The maximum absolute atomic E-state index is 12.2. The van der Waals surface area contributed by atoms with Crippen LogP contribution in [0.3, 0.4) is 0 Å². The van der Waals surface area contributed by atoms with E-state index in [1.807, 2.05) is 70.2 Å². The highest BCUT2D eigenvalue weighted by molar-refractivity contribution is 8.00. The molecule has 0 saturated carbocycles. The smallest absolute Gasteiger partial charge is 0.243 e. The molecule has 2 N–H and O–H groups in total. The topological polar surface area (TPSA) is 58.2 Å². The fourth-order valence-corrected chi connectivity index (χ4v) is 3.16. The van der Waals surface area contributed by atoms with Crippen LogP contribution in [0.25, 0.3) is 0 Å². The van der Waals surface area contributed by atoms with Crippen LogP contribution in [0.4, 0.5) is 5.69 Å². The zero-order chi connectivity index (χ0) is 18.4. The van der Waals surface area contributed by atoms with Crippen molar-refractivity contribution in [2.24, 2.45) is 0 Å². The Labute approximate surface area is 153 Å². The summed E-state index contributed by atoms with van der Waals surface area (Å²) in [6, 6.07) is 13.8. The number of nitrogens with one attached hydrogen (secondary N) is 2. The van der Waals surface area contributed by atoms with Crippen molar-refractivity contribution in [1.82, 2.24) is 5.32 Å². The summed E-state index contributed by atoms with van der Waals surface area (Å²) in [5.74, 6) is -0.378. The highest BCUT2D eigenvalue weighted by atomic mass is 32.2. The van der Waals surface area contributed by atoms with Gasteiger partial charge in [0.05, 0.1) is 11.8 Å². The Kier molecular flexibility index (Phi) is 6.65. The Bertz CT molecular complexity index is 757. The van der Waals surface area contributed by atoms with Gasteiger partial charge in [0.2, 0.25) is 11.8 Å². The fourth-order valence-electron chi connectivity index (χ4n) is 2.27. The molecule has 5 heteroatoms. The predicted octanol–water partition coefficient (Wildman–Crippen LogP) is 3.85. The Morgan fingerprint density at radius 2 is 1.72 bits per heavy atom. The lowest BCUT2D eigenvalue weighted by molar-refractivity contribution is -0.123. The van der Waals surface area contributed by atoms with Crippen LogP contribution in [0.5, 0.6) is 0 Å². The summed E-state index contributed by atoms with van der Waals surface area (Å²) < 4.78 is 0. The minimum absolute atomic E-state index is 0.0367. The third-order valence-electron chi connectivity index (χ3n) is 4.00. The molecule has 4 nitrogen and oxygen atoms in total. The summed E-state index contributed by atoms with van der Waals surface area (Å²) in [5, 5.41) is 5.27. The van der Waals surface area contributed by atoms with E-state index in [2.05, 4.69) is 10.6 Å². The molecule has 0 radical (unpaired) electrons. The first-order chi connectivity index (χ1) is 11.9. The normalized spacial score (nSPS) is 11.7. The molecule has 2 aromatic rings. The van der Waals surface area contributed by atoms with Gasteiger partial charge in [0.15, 0.2) is 0 Å². The first kappa shape index (κ1) is 19.1. The Hall–Kier alpha value is -2.27. The second kappa shape index (κ2) is 8.72. The van der Waals surface area contributed by atoms with E-state index in [-0.39, 0.29) is 23.6 Å². The molecule has 0 aromatic heterocycles. The lowest BCUT2D eigenvalue weighted by Gasteiger charge is -2.13. The molecule has 2 amide bonds. The number of hydrogen-bond acceptors (Lipinski definition) is 3. The molecule has 0 spiro atoms. The van der Waals surface area contributed by atoms with Gasteiger partial charge in [-0.25, -0.2) is 0 Å². The van der Waals surface area contributed by atoms with Gasteiger partial charge in [-0.3, -0.25) is 9.59 Å². The van der Waals surface area contributed by atoms with Crippen LogP contribution in [0.15, 0.2) is 47.4 Å². The van der Waals surface area contributed by atoms with Crippen LogP contribution in [0.2, 0.25) is 0 Å². The fraction of sp³-hybridized carbons (Fsp3) is 0.300. The molecule has 0 saturated heterocycles. The molecule has 25 heavy (non-hydrogen) atoms. The van der Waals surface area contributed by atoms with Gasteiger partial charge in [-0.05, 0) is 57.0 Å². The van der Waals surface area contributed by atoms with E-state index in [1.165, 1.54) is 17.3 Å². The summed E-state index contributed by atoms with van der Waals surface area (Å²) in [4.78, 5) is 25.3. The van der Waals surface area contributed by atoms with Crippen molar-refractivity contribution in [3.63, 3.8) is 0 Å². The van der Waals surface area contributed by atoms with Gasteiger partial charge in [-0.2, -0.15) is 0 Å². The van der Waals surface area contributed by atoms with Crippen molar-refractivity contribution >= 4 is 29.3 Å². The number of rotatable bonds is 6. The average molecular weight is 356 g/mol. The van der Waals surface area contributed by atoms with Crippen LogP contribution in [-0.4, -0.2) is 23.6 Å². The number of anilines is 1. The van der Waals surface area contributed by atoms with E-state index >= 15 is 0 Å². The maximum atomic E-state index is 12.2. The van der Waals surface area contributed by atoms with Crippen molar-refractivity contribution < 1.29 is 9.59 Å². The van der Waals surface area contributed by atoms with Gasteiger partial charge in [0.1, 0.15) is 0 Å². The number of carbonyl (C=O) groups is 2. The molecule has 0 aliphatic heterocycles. The lowest BCUT2D eigenvalue weighted by Crippen LogP contribution is -2.37. The van der Waals surface area contributed by atoms with Crippen LogP contribution in [0.1, 0.15) is 23.6 Å². The number of thioether (sulfide) groups is 1. The summed E-state index contributed by atoms with van der Waals surface area (Å²) >= 11 is 1.48. The molecular weight excluding hydrogens is 332 g/mol. The van der Waals surface area contributed by atoms with E-state index in [4.69, 9.17) is 0 Å². The number of hydrogen-bond donors (Lipinski definition) is 2. The third-order valence-corrected chi connectivity index (χ3v) is 5.12. The molecule has 0 aliphatic rings. The predicted molar refractivity (Wildman–Crippen MR) is 104 cm³/mol. The standard InChI is InChI=1S/C20H24N2O2S/c1-13-8-10-17(11-9-13)25-16(4)20(24)21-12-19(23)22-18-7-5-6-14(2)15(18)3/h5-11,16H,12H2,1-4H3,(H,21,24)(H,22,23). The van der Waals surface area contributed by atoms with Crippen molar-refractivity contribution in [3.05, 3.63) is 59.2 Å². The number of amides is 2. The van der Waals surface area contributed by atoms with Gasteiger partial charge in [0.25, 0.3) is 0 Å². The average Bonchev–Trinajstić information content (AvgIpc) is 2.59. The molecule has 132 valence electrons. The molecule has 1 unspecified atom stereocenters. The van der Waals surface area contributed by atoms with E-state index in [0.717, 1.165) is 21.7 Å². The minimum Gasteiger partial charge on any atom is -0.346 e. The van der Waals surface area contributed by atoms with Crippen molar-refractivity contribution in [2.75, 3.05) is 11.9 Å². The van der Waals surface area contributed by atoms with Gasteiger partial charge < -0.3 is 10.6 Å². The molecule has 0 fully saturated rings. The quantitative estimate of drug-likeness (QED) is 0.773. The first-order valence-electron chi connectivity index (χ1n) is 8.24. The monoisotopic (exact) mass is 356 g/mol. The Morgan fingerprint density at radius 3 is 2.40 bits per heavy atom. The molecule has 0 heterocycles. The summed E-state index contributed by atoms with van der Waals surface area (Å²) in [7, 11) is 0. The van der Waals surface area contributed by atoms with E-state index in [9.17, 15) is 9.59 Å². The molecule has 2 aromatic carbocycles. The molecular formula is C20H24N2O2S. The number of benzene rings is 2. The van der Waals surface area contributed by atoms with Gasteiger partial charge in [-0.1, -0.05) is 29.8 Å². The highest BCUT2D eigenvalue weighted by Crippen LogP contribution is 2.23. The van der Waals surface area contributed by atoms with Crippen molar-refractivity contribution in [1.29, 1.82) is 0 Å². The zero-order valence-electron chi connectivity index (χ0n) is 15.1. The van der Waals surface area contributed by atoms with Gasteiger partial charge in [0, 0.05) is 10.6 Å². The maximum Gasteiger partial charge on any atom is 0.243 e. The summed E-state index contributed by atoms with van der Waals surface area (Å²) in [6.45, 7) is 7.78. The molecule has 2 rings (SSSR count). The van der Waals surface area contributed by atoms with Crippen LogP contribution in [-0.2, 0) is 9.59 Å². The summed E-state index contributed by atoms with van der Waals surface area (Å²) in [6.07, 6.45) is 0. The van der Waals surface area contributed by atoms with Crippen molar-refractivity contribution in [3.8, 4) is 0 Å². The molecule has 1 atom stereocenters. The molecule has 0 bridgehead atoms. The number of carbonyl (C=O) groups excluding carboxylic acids is 2. The van der Waals surface area contributed by atoms with Gasteiger partial charge in [-0.15, -0.1) is 11.8 Å². The second-order valence-electron chi connectivity index (χ2n) is 6.09. The lowest BCUT2D eigenvalue weighted by atomic mass is 10.1. The Morgan fingerprint density at radius 1 is 1.04 bits per heavy atom. The van der Waals surface area contributed by atoms with E-state index in [0.29, 0.717) is 0 Å². The van der Waals surface area contributed by atoms with E-state index < -0.39 is 0 Å². The first-order valence-corrected chi connectivity index (χ1v) is 9.12. The number of aryl methyl sites for hydroxylation is 2. The zero-order valence-corrected chi connectivity index (χ0v) is 15.9. The third kappa shape index (κ3) is 5.64.